The molecule has 142 valence electrons. The minimum atomic E-state index is -0.0299. The van der Waals surface area contributed by atoms with Crippen molar-refractivity contribution in [1.82, 2.24) is 15.1 Å². The molecule has 2 aliphatic rings. The third-order valence-electron chi connectivity index (χ3n) is 5.13. The highest BCUT2D eigenvalue weighted by Gasteiger charge is 2.20. The second kappa shape index (κ2) is 9.69. The molecule has 2 heterocycles. The van der Waals surface area contributed by atoms with Crippen molar-refractivity contribution in [3.8, 4) is 0 Å². The summed E-state index contributed by atoms with van der Waals surface area (Å²) in [7, 11) is 0. The first-order valence-corrected chi connectivity index (χ1v) is 9.64. The van der Waals surface area contributed by atoms with E-state index >= 15 is 0 Å². The summed E-state index contributed by atoms with van der Waals surface area (Å²) in [6.45, 7) is 6.61. The molecule has 1 N–H and O–H groups in total. The maximum Gasteiger partial charge on any atom is 0.223 e. The summed E-state index contributed by atoms with van der Waals surface area (Å²) in [4.78, 5) is 28.6. The molecule has 3 rings (SSSR count). The van der Waals surface area contributed by atoms with Crippen LogP contribution in [0.1, 0.15) is 30.4 Å². The van der Waals surface area contributed by atoms with Gasteiger partial charge in [0.05, 0.1) is 13.2 Å². The highest BCUT2D eigenvalue weighted by molar-refractivity contribution is 5.83. The zero-order chi connectivity index (χ0) is 18.2. The molecule has 2 aliphatic heterocycles. The van der Waals surface area contributed by atoms with Crippen LogP contribution in [0.3, 0.4) is 0 Å². The quantitative estimate of drug-likeness (QED) is 0.743. The fourth-order valence-corrected chi connectivity index (χ4v) is 3.53. The van der Waals surface area contributed by atoms with Crippen molar-refractivity contribution < 1.29 is 14.3 Å². The second-order valence-corrected chi connectivity index (χ2v) is 6.99. The molecule has 0 aromatic heterocycles. The van der Waals surface area contributed by atoms with Gasteiger partial charge >= 0.3 is 0 Å². The van der Waals surface area contributed by atoms with Gasteiger partial charge < -0.3 is 15.0 Å². The van der Waals surface area contributed by atoms with Crippen molar-refractivity contribution in [2.24, 2.45) is 0 Å². The number of benzene rings is 1. The molecule has 26 heavy (non-hydrogen) atoms. The lowest BCUT2D eigenvalue weighted by atomic mass is 9.99. The van der Waals surface area contributed by atoms with Gasteiger partial charge in [-0.3, -0.25) is 14.5 Å². The Morgan fingerprint density at radius 1 is 1.04 bits per heavy atom. The zero-order valence-corrected chi connectivity index (χ0v) is 15.4. The van der Waals surface area contributed by atoms with Crippen LogP contribution >= 0.6 is 0 Å². The molecule has 0 atom stereocenters. The van der Waals surface area contributed by atoms with Crippen LogP contribution in [0.25, 0.3) is 0 Å². The third kappa shape index (κ3) is 5.54. The van der Waals surface area contributed by atoms with Gasteiger partial charge in [-0.1, -0.05) is 24.3 Å². The minimum Gasteiger partial charge on any atom is -0.379 e. The second-order valence-electron chi connectivity index (χ2n) is 6.99. The number of hydrogen-bond acceptors (Lipinski definition) is 4. The Kier molecular flexibility index (Phi) is 7.03. The van der Waals surface area contributed by atoms with Crippen LogP contribution in [0.5, 0.6) is 0 Å². The van der Waals surface area contributed by atoms with Crippen LogP contribution in [-0.2, 0) is 27.3 Å². The van der Waals surface area contributed by atoms with Gasteiger partial charge in [-0.2, -0.15) is 0 Å². The van der Waals surface area contributed by atoms with E-state index < -0.39 is 0 Å². The van der Waals surface area contributed by atoms with E-state index in [1.165, 1.54) is 11.1 Å². The van der Waals surface area contributed by atoms with Crippen LogP contribution in [0, 0.1) is 0 Å². The Morgan fingerprint density at radius 2 is 1.81 bits per heavy atom. The fraction of sp³-hybridized carbons (Fsp3) is 0.600. The molecule has 0 saturated carbocycles. The fourth-order valence-electron chi connectivity index (χ4n) is 3.53. The Balaban J connectivity index is 1.30. The summed E-state index contributed by atoms with van der Waals surface area (Å²) < 4.78 is 5.32. The lowest BCUT2D eigenvalue weighted by Crippen LogP contribution is -2.38. The molecule has 0 radical (unpaired) electrons. The molecule has 6 nitrogen and oxygen atoms in total. The Bertz CT molecular complexity index is 614. The maximum atomic E-state index is 12.4. The molecule has 1 aromatic carbocycles. The summed E-state index contributed by atoms with van der Waals surface area (Å²) in [5, 5.41) is 2.93. The first kappa shape index (κ1) is 18.9. The molecule has 0 unspecified atom stereocenters. The van der Waals surface area contributed by atoms with Gasteiger partial charge in [0, 0.05) is 45.6 Å². The Labute approximate surface area is 155 Å². The van der Waals surface area contributed by atoms with Gasteiger partial charge in [-0.15, -0.1) is 0 Å². The molecule has 0 aliphatic carbocycles. The van der Waals surface area contributed by atoms with Gasteiger partial charge in [-0.25, -0.2) is 0 Å². The largest absolute Gasteiger partial charge is 0.379 e. The summed E-state index contributed by atoms with van der Waals surface area (Å²) >= 11 is 0. The van der Waals surface area contributed by atoms with Gasteiger partial charge in [0.2, 0.25) is 11.8 Å². The molecular formula is C20H29N3O3. The van der Waals surface area contributed by atoms with Crippen LogP contribution in [-0.4, -0.2) is 67.6 Å². The number of carbonyl (C=O) groups is 2. The van der Waals surface area contributed by atoms with Crippen LogP contribution in [0.2, 0.25) is 0 Å². The molecule has 0 spiro atoms. The van der Waals surface area contributed by atoms with E-state index in [1.807, 2.05) is 17.0 Å². The van der Waals surface area contributed by atoms with Gasteiger partial charge in [0.1, 0.15) is 0 Å². The van der Waals surface area contributed by atoms with Crippen molar-refractivity contribution in [2.45, 2.75) is 32.2 Å². The Morgan fingerprint density at radius 3 is 2.62 bits per heavy atom. The van der Waals surface area contributed by atoms with Gasteiger partial charge in [0.25, 0.3) is 0 Å². The lowest BCUT2D eigenvalue weighted by molar-refractivity contribution is -0.134. The van der Waals surface area contributed by atoms with Crippen LogP contribution in [0.4, 0.5) is 0 Å². The van der Waals surface area contributed by atoms with Crippen molar-refractivity contribution >= 4 is 11.8 Å². The van der Waals surface area contributed by atoms with E-state index in [0.717, 1.165) is 52.2 Å². The van der Waals surface area contributed by atoms with Gasteiger partial charge in [0.15, 0.2) is 0 Å². The van der Waals surface area contributed by atoms with E-state index in [2.05, 4.69) is 22.3 Å². The van der Waals surface area contributed by atoms with Crippen molar-refractivity contribution in [3.63, 3.8) is 0 Å². The molecule has 0 bridgehead atoms. The molecule has 1 saturated heterocycles. The number of ether oxygens (including phenoxy) is 1. The zero-order valence-electron chi connectivity index (χ0n) is 15.4. The number of amides is 2. The van der Waals surface area contributed by atoms with Crippen molar-refractivity contribution in [3.05, 3.63) is 35.4 Å². The molecule has 2 amide bonds. The SMILES string of the molecule is O=C(CCC(=O)N1CCc2ccccc2C1)NCCCN1CCOCC1. The molecule has 1 fully saturated rings. The predicted molar refractivity (Wildman–Crippen MR) is 99.7 cm³/mol. The highest BCUT2D eigenvalue weighted by atomic mass is 16.5. The van der Waals surface area contributed by atoms with E-state index in [9.17, 15) is 9.59 Å². The highest BCUT2D eigenvalue weighted by Crippen LogP contribution is 2.19. The number of hydrogen-bond donors (Lipinski definition) is 1. The van der Waals surface area contributed by atoms with Crippen molar-refractivity contribution in [1.29, 1.82) is 0 Å². The molecule has 1 aromatic rings. The first-order chi connectivity index (χ1) is 12.7. The number of nitrogens with one attached hydrogen (secondary N) is 1. The average molecular weight is 359 g/mol. The van der Waals surface area contributed by atoms with E-state index in [-0.39, 0.29) is 24.7 Å². The normalized spacial score (nSPS) is 17.6. The molecular weight excluding hydrogens is 330 g/mol. The number of morpholine rings is 1. The van der Waals surface area contributed by atoms with E-state index in [0.29, 0.717) is 13.1 Å². The summed E-state index contributed by atoms with van der Waals surface area (Å²) in [6, 6.07) is 8.26. The van der Waals surface area contributed by atoms with Crippen molar-refractivity contribution in [2.75, 3.05) is 45.9 Å². The van der Waals surface area contributed by atoms with Gasteiger partial charge in [-0.05, 0) is 30.5 Å². The van der Waals surface area contributed by atoms with Crippen LogP contribution < -0.4 is 5.32 Å². The van der Waals surface area contributed by atoms with E-state index in [4.69, 9.17) is 4.74 Å². The number of fused-ring (bicyclic) bond motifs is 1. The number of nitrogens with zero attached hydrogens (tertiary/aromatic N) is 2. The molecule has 6 heteroatoms. The standard InChI is InChI=1S/C20H29N3O3/c24-19(21-9-3-10-22-12-14-26-15-13-22)6-7-20(25)23-11-8-17-4-1-2-5-18(17)16-23/h1-2,4-5H,3,6-16H2,(H,21,24). The van der Waals surface area contributed by atoms with E-state index in [1.54, 1.807) is 0 Å². The van der Waals surface area contributed by atoms with Crippen LogP contribution in [0.15, 0.2) is 24.3 Å². The number of rotatable bonds is 7. The summed E-state index contributed by atoms with van der Waals surface area (Å²) in [5.41, 5.74) is 2.55. The topological polar surface area (TPSA) is 61.9 Å². The lowest BCUT2D eigenvalue weighted by Gasteiger charge is -2.29. The number of carbonyl (C=O) groups excluding carboxylic acids is 2. The first-order valence-electron chi connectivity index (χ1n) is 9.64. The average Bonchev–Trinajstić information content (AvgIpc) is 2.70. The smallest absolute Gasteiger partial charge is 0.223 e. The summed E-state index contributed by atoms with van der Waals surface area (Å²) in [6.07, 6.45) is 2.39. The Hall–Kier alpha value is -1.92. The monoisotopic (exact) mass is 359 g/mol. The summed E-state index contributed by atoms with van der Waals surface area (Å²) in [5.74, 6) is 0.0423. The minimum absolute atomic E-state index is 0.0299. The maximum absolute atomic E-state index is 12.4. The third-order valence-corrected chi connectivity index (χ3v) is 5.13. The predicted octanol–water partition coefficient (Wildman–Crippen LogP) is 1.19.